The molecule has 0 aliphatic carbocycles. The fourth-order valence-electron chi connectivity index (χ4n) is 4.34. The van der Waals surface area contributed by atoms with E-state index in [2.05, 4.69) is 0 Å². The highest BCUT2D eigenvalue weighted by Gasteiger charge is 2.26. The van der Waals surface area contributed by atoms with E-state index in [-0.39, 0.29) is 30.8 Å². The van der Waals surface area contributed by atoms with Gasteiger partial charge in [0.15, 0.2) is 0 Å². The average Bonchev–Trinajstić information content (AvgIpc) is 2.84. The number of carbonyl (C=O) groups excluding carboxylic acids is 2. The molecule has 2 aromatic carbocycles. The molecule has 6 nitrogen and oxygen atoms in total. The number of carbonyl (C=O) groups is 3. The van der Waals surface area contributed by atoms with E-state index >= 15 is 0 Å². The van der Waals surface area contributed by atoms with Gasteiger partial charge in [0.05, 0.1) is 12.3 Å². The summed E-state index contributed by atoms with van der Waals surface area (Å²) in [6, 6.07) is 17.4. The molecule has 1 unspecified atom stereocenters. The summed E-state index contributed by atoms with van der Waals surface area (Å²) >= 11 is 0. The molecule has 0 bridgehead atoms. The van der Waals surface area contributed by atoms with Crippen molar-refractivity contribution in [1.29, 1.82) is 0 Å². The predicted molar refractivity (Wildman–Crippen MR) is 126 cm³/mol. The van der Waals surface area contributed by atoms with Gasteiger partial charge in [-0.25, -0.2) is 0 Å². The summed E-state index contributed by atoms with van der Waals surface area (Å²) in [6.45, 7) is 3.62. The molecule has 1 N–H and O–H groups in total. The Balaban J connectivity index is 1.41. The zero-order valence-electron chi connectivity index (χ0n) is 19.2. The van der Waals surface area contributed by atoms with E-state index in [0.717, 1.165) is 24.0 Å². The van der Waals surface area contributed by atoms with E-state index in [1.165, 1.54) is 5.56 Å². The van der Waals surface area contributed by atoms with Crippen LogP contribution in [0, 0.1) is 5.92 Å². The maximum Gasteiger partial charge on any atom is 0.309 e. The van der Waals surface area contributed by atoms with Gasteiger partial charge >= 0.3 is 11.9 Å². The number of ether oxygens (including phenoxy) is 1. The van der Waals surface area contributed by atoms with Crippen LogP contribution in [0.3, 0.4) is 0 Å². The first-order chi connectivity index (χ1) is 16.0. The number of carboxylic acid groups (broad SMARTS) is 1. The predicted octanol–water partition coefficient (Wildman–Crippen LogP) is 4.57. The third kappa shape index (κ3) is 7.45. The van der Waals surface area contributed by atoms with E-state index in [1.807, 2.05) is 66.4 Å². The molecule has 1 heterocycles. The number of hydrogen-bond acceptors (Lipinski definition) is 4. The van der Waals surface area contributed by atoms with Crippen LogP contribution >= 0.6 is 0 Å². The van der Waals surface area contributed by atoms with Gasteiger partial charge in [0.1, 0.15) is 6.61 Å². The lowest BCUT2D eigenvalue weighted by atomic mass is 9.88. The molecule has 3 rings (SSSR count). The van der Waals surface area contributed by atoms with Crippen molar-refractivity contribution >= 4 is 17.8 Å². The lowest BCUT2D eigenvalue weighted by Crippen LogP contribution is -2.38. The topological polar surface area (TPSA) is 83.9 Å². The van der Waals surface area contributed by atoms with Gasteiger partial charge in [0.25, 0.3) is 0 Å². The fourth-order valence-corrected chi connectivity index (χ4v) is 4.34. The number of likely N-dealkylation sites (tertiary alicyclic amines) is 1. The largest absolute Gasteiger partial charge is 0.481 e. The van der Waals surface area contributed by atoms with Crippen molar-refractivity contribution in [3.05, 3.63) is 71.3 Å². The summed E-state index contributed by atoms with van der Waals surface area (Å²) < 4.78 is 5.46. The van der Waals surface area contributed by atoms with Crippen molar-refractivity contribution in [3.8, 4) is 0 Å². The zero-order valence-corrected chi connectivity index (χ0v) is 19.2. The van der Waals surface area contributed by atoms with Gasteiger partial charge in [0, 0.05) is 19.5 Å². The molecule has 1 atom stereocenters. The smallest absolute Gasteiger partial charge is 0.309 e. The Morgan fingerprint density at radius 1 is 1.00 bits per heavy atom. The zero-order chi connectivity index (χ0) is 23.6. The van der Waals surface area contributed by atoms with Gasteiger partial charge in [0.2, 0.25) is 5.91 Å². The summed E-state index contributed by atoms with van der Waals surface area (Å²) in [5.74, 6) is -0.855. The second-order valence-corrected chi connectivity index (χ2v) is 8.70. The number of piperidine rings is 1. The molecule has 0 aromatic heterocycles. The molecular weight excluding hydrogens is 418 g/mol. The van der Waals surface area contributed by atoms with Crippen LogP contribution in [0.5, 0.6) is 0 Å². The van der Waals surface area contributed by atoms with Crippen LogP contribution < -0.4 is 0 Å². The molecule has 0 radical (unpaired) electrons. The molecule has 1 fully saturated rings. The number of esters is 1. The molecule has 1 saturated heterocycles. The summed E-state index contributed by atoms with van der Waals surface area (Å²) in [6.07, 6.45) is 3.33. The molecule has 176 valence electrons. The van der Waals surface area contributed by atoms with Crippen LogP contribution in [0.25, 0.3) is 0 Å². The molecule has 2 aromatic rings. The summed E-state index contributed by atoms with van der Waals surface area (Å²) in [5, 5.41) is 8.90. The van der Waals surface area contributed by atoms with E-state index in [0.29, 0.717) is 38.3 Å². The Hall–Kier alpha value is -3.15. The minimum Gasteiger partial charge on any atom is -0.481 e. The summed E-state index contributed by atoms with van der Waals surface area (Å²) in [5.41, 5.74) is 2.95. The monoisotopic (exact) mass is 451 g/mol. The number of rotatable bonds is 10. The number of nitrogens with zero attached hydrogens (tertiary/aromatic N) is 1. The quantitative estimate of drug-likeness (QED) is 0.535. The van der Waals surface area contributed by atoms with Crippen LogP contribution in [-0.2, 0) is 32.1 Å². The van der Waals surface area contributed by atoms with Crippen molar-refractivity contribution in [2.75, 3.05) is 13.1 Å². The molecule has 1 aliphatic heterocycles. The molecule has 1 aliphatic rings. The van der Waals surface area contributed by atoms with Gasteiger partial charge in [-0.3, -0.25) is 14.4 Å². The number of hydrogen-bond donors (Lipinski definition) is 1. The number of benzene rings is 2. The van der Waals surface area contributed by atoms with Crippen molar-refractivity contribution in [1.82, 2.24) is 4.90 Å². The Labute approximate surface area is 195 Å². The first-order valence-corrected chi connectivity index (χ1v) is 11.7. The highest BCUT2D eigenvalue weighted by atomic mass is 16.5. The lowest BCUT2D eigenvalue weighted by molar-refractivity contribution is -0.150. The Morgan fingerprint density at radius 3 is 2.27 bits per heavy atom. The average molecular weight is 452 g/mol. The minimum atomic E-state index is -0.829. The van der Waals surface area contributed by atoms with Gasteiger partial charge < -0.3 is 14.7 Å². The van der Waals surface area contributed by atoms with Crippen LogP contribution in [0.2, 0.25) is 0 Å². The maximum absolute atomic E-state index is 12.7. The molecule has 0 saturated carbocycles. The van der Waals surface area contributed by atoms with Crippen molar-refractivity contribution in [2.24, 2.45) is 5.92 Å². The first kappa shape index (κ1) is 24.5. The number of aliphatic carboxylic acids is 1. The highest BCUT2D eigenvalue weighted by Crippen LogP contribution is 2.29. The van der Waals surface area contributed by atoms with Gasteiger partial charge in [-0.15, -0.1) is 0 Å². The Kier molecular flexibility index (Phi) is 9.04. The van der Waals surface area contributed by atoms with E-state index in [9.17, 15) is 14.4 Å². The first-order valence-electron chi connectivity index (χ1n) is 11.7. The van der Waals surface area contributed by atoms with Crippen LogP contribution in [-0.4, -0.2) is 40.9 Å². The molecule has 33 heavy (non-hydrogen) atoms. The number of carboxylic acids is 1. The number of amides is 1. The van der Waals surface area contributed by atoms with Gasteiger partial charge in [-0.2, -0.15) is 0 Å². The van der Waals surface area contributed by atoms with E-state index in [1.54, 1.807) is 0 Å². The fraction of sp³-hybridized carbons (Fsp3) is 0.444. The Bertz CT molecular complexity index is 917. The molecule has 1 amide bonds. The SMILES string of the molecule is CCC(CCC(=O)N1CCC(c2ccc(CC(=O)O)cc2)CC1)C(=O)OCc1ccccc1. The lowest BCUT2D eigenvalue weighted by Gasteiger charge is -2.32. The minimum absolute atomic E-state index is 0.0335. The molecule has 0 spiro atoms. The molecular formula is C27H33NO5. The van der Waals surface area contributed by atoms with Crippen molar-refractivity contribution in [3.63, 3.8) is 0 Å². The normalized spacial score (nSPS) is 15.1. The maximum atomic E-state index is 12.7. The van der Waals surface area contributed by atoms with Gasteiger partial charge in [-0.1, -0.05) is 61.5 Å². The molecule has 6 heteroatoms. The third-order valence-electron chi connectivity index (χ3n) is 6.41. The van der Waals surface area contributed by atoms with E-state index < -0.39 is 5.97 Å². The van der Waals surface area contributed by atoms with Crippen LogP contribution in [0.15, 0.2) is 54.6 Å². The van der Waals surface area contributed by atoms with Crippen LogP contribution in [0.1, 0.15) is 61.6 Å². The van der Waals surface area contributed by atoms with Gasteiger partial charge in [-0.05, 0) is 48.3 Å². The second kappa shape index (κ2) is 12.2. The highest BCUT2D eigenvalue weighted by molar-refractivity contribution is 5.78. The van der Waals surface area contributed by atoms with Crippen LogP contribution in [0.4, 0.5) is 0 Å². The second-order valence-electron chi connectivity index (χ2n) is 8.70. The Morgan fingerprint density at radius 2 is 1.67 bits per heavy atom. The third-order valence-corrected chi connectivity index (χ3v) is 6.41. The van der Waals surface area contributed by atoms with Crippen molar-refractivity contribution in [2.45, 2.75) is 58.0 Å². The summed E-state index contributed by atoms with van der Waals surface area (Å²) in [4.78, 5) is 37.9. The van der Waals surface area contributed by atoms with Crippen molar-refractivity contribution < 1.29 is 24.2 Å². The van der Waals surface area contributed by atoms with E-state index in [4.69, 9.17) is 9.84 Å². The summed E-state index contributed by atoms with van der Waals surface area (Å²) in [7, 11) is 0. The standard InChI is InChI=1S/C27H33NO5/c1-2-22(27(32)33-19-21-6-4-3-5-7-21)12-13-25(29)28-16-14-24(15-17-28)23-10-8-20(9-11-23)18-26(30)31/h3-11,22,24H,2,12-19H2,1H3,(H,30,31).